The number of benzene rings is 1. The molecule has 0 N–H and O–H groups in total. The Morgan fingerprint density at radius 3 is 2.83 bits per heavy atom. The number of rotatable bonds is 0. The second-order valence-electron chi connectivity index (χ2n) is 3.09. The zero-order valence-corrected chi connectivity index (χ0v) is 7.99. The quantitative estimate of drug-likeness (QED) is 0.607. The molecule has 62 valence electrons. The first-order chi connectivity index (χ1) is 5.70. The summed E-state index contributed by atoms with van der Waals surface area (Å²) in [7, 11) is 0. The van der Waals surface area contributed by atoms with E-state index in [0.717, 1.165) is 16.0 Å². The van der Waals surface area contributed by atoms with Crippen molar-refractivity contribution < 1.29 is 4.79 Å². The Morgan fingerprint density at radius 2 is 2.08 bits per heavy atom. The van der Waals surface area contributed by atoms with Crippen LogP contribution in [0.25, 0.3) is 0 Å². The molecule has 0 spiro atoms. The van der Waals surface area contributed by atoms with E-state index in [1.54, 1.807) is 11.8 Å². The van der Waals surface area contributed by atoms with Crippen molar-refractivity contribution in [1.29, 1.82) is 0 Å². The summed E-state index contributed by atoms with van der Waals surface area (Å²) in [5, 5.41) is 0. The van der Waals surface area contributed by atoms with Gasteiger partial charge in [0.25, 0.3) is 0 Å². The maximum absolute atomic E-state index is 11.4. The molecular formula is C10H10OS. The molecule has 1 aromatic carbocycles. The second kappa shape index (κ2) is 2.63. The molecule has 0 unspecified atom stereocenters. The summed E-state index contributed by atoms with van der Waals surface area (Å²) in [4.78, 5) is 12.6. The Hall–Kier alpha value is -0.760. The molecule has 0 atom stereocenters. The second-order valence-corrected chi connectivity index (χ2v) is 4.11. The van der Waals surface area contributed by atoms with Crippen LogP contribution in [0.4, 0.5) is 0 Å². The highest BCUT2D eigenvalue weighted by atomic mass is 32.2. The first-order valence-electron chi connectivity index (χ1n) is 3.96. The van der Waals surface area contributed by atoms with Gasteiger partial charge < -0.3 is 0 Å². The van der Waals surface area contributed by atoms with Crippen molar-refractivity contribution >= 4 is 17.5 Å². The summed E-state index contributed by atoms with van der Waals surface area (Å²) in [5.41, 5.74) is 3.33. The van der Waals surface area contributed by atoms with Crippen molar-refractivity contribution in [3.05, 3.63) is 28.8 Å². The molecule has 0 saturated heterocycles. The van der Waals surface area contributed by atoms with E-state index in [0.29, 0.717) is 5.75 Å². The van der Waals surface area contributed by atoms with Gasteiger partial charge in [-0.25, -0.2) is 0 Å². The lowest BCUT2D eigenvalue weighted by atomic mass is 10.0. The molecule has 1 aromatic rings. The van der Waals surface area contributed by atoms with Gasteiger partial charge in [-0.15, -0.1) is 11.8 Å². The molecule has 0 amide bonds. The van der Waals surface area contributed by atoms with Gasteiger partial charge >= 0.3 is 0 Å². The van der Waals surface area contributed by atoms with Gasteiger partial charge in [-0.05, 0) is 31.0 Å². The van der Waals surface area contributed by atoms with Crippen LogP contribution in [-0.2, 0) is 0 Å². The first kappa shape index (κ1) is 7.87. The van der Waals surface area contributed by atoms with E-state index in [9.17, 15) is 4.79 Å². The minimum Gasteiger partial charge on any atom is -0.293 e. The summed E-state index contributed by atoms with van der Waals surface area (Å²) >= 11 is 1.65. The van der Waals surface area contributed by atoms with Crippen LogP contribution in [0.2, 0.25) is 0 Å². The molecule has 0 bridgehead atoms. The minimum absolute atomic E-state index is 0.288. The van der Waals surface area contributed by atoms with Crippen LogP contribution in [-0.4, -0.2) is 11.5 Å². The van der Waals surface area contributed by atoms with E-state index in [2.05, 4.69) is 6.07 Å². The molecule has 1 aliphatic heterocycles. The molecule has 1 aliphatic rings. The third kappa shape index (κ3) is 0.985. The number of aryl methyl sites for hydroxylation is 1. The zero-order chi connectivity index (χ0) is 8.72. The average Bonchev–Trinajstić information content (AvgIpc) is 2.41. The summed E-state index contributed by atoms with van der Waals surface area (Å²) in [5.74, 6) is 0.913. The number of Topliss-reactive ketones (excluding diaryl/α,β-unsaturated/α-hetero) is 1. The number of carbonyl (C=O) groups is 1. The van der Waals surface area contributed by atoms with Crippen molar-refractivity contribution in [3.8, 4) is 0 Å². The van der Waals surface area contributed by atoms with E-state index >= 15 is 0 Å². The number of thioether (sulfide) groups is 1. The normalized spacial score (nSPS) is 15.0. The van der Waals surface area contributed by atoms with Crippen LogP contribution >= 0.6 is 11.8 Å². The number of hydrogen-bond donors (Lipinski definition) is 0. The van der Waals surface area contributed by atoms with Crippen LogP contribution in [0, 0.1) is 13.8 Å². The molecule has 12 heavy (non-hydrogen) atoms. The van der Waals surface area contributed by atoms with Gasteiger partial charge in [0.2, 0.25) is 0 Å². The first-order valence-corrected chi connectivity index (χ1v) is 4.95. The fourth-order valence-corrected chi connectivity index (χ4v) is 2.48. The molecule has 1 nitrogen and oxygen atoms in total. The Morgan fingerprint density at radius 1 is 1.33 bits per heavy atom. The molecule has 0 aromatic heterocycles. The number of carbonyl (C=O) groups excluding carboxylic acids is 1. The molecule has 2 heteroatoms. The minimum atomic E-state index is 0.288. The van der Waals surface area contributed by atoms with Crippen molar-refractivity contribution in [2.24, 2.45) is 0 Å². The van der Waals surface area contributed by atoms with E-state index in [1.807, 2.05) is 19.9 Å². The van der Waals surface area contributed by atoms with Crippen LogP contribution in [0.3, 0.4) is 0 Å². The molecule has 2 rings (SSSR count). The van der Waals surface area contributed by atoms with Gasteiger partial charge in [-0.3, -0.25) is 4.79 Å². The van der Waals surface area contributed by atoms with Crippen molar-refractivity contribution in [2.45, 2.75) is 18.7 Å². The summed E-state index contributed by atoms with van der Waals surface area (Å²) in [6.45, 7) is 4.07. The predicted octanol–water partition coefficient (Wildman–Crippen LogP) is 2.59. The highest BCUT2D eigenvalue weighted by Gasteiger charge is 2.22. The number of fused-ring (bicyclic) bond motifs is 1. The standard InChI is InChI=1S/C10H10OS/c1-6-3-4-9-10(7(6)2)8(11)5-12-9/h3-4H,5H2,1-2H3. The average molecular weight is 178 g/mol. The van der Waals surface area contributed by atoms with Gasteiger partial charge in [0.1, 0.15) is 0 Å². The number of ketones is 1. The monoisotopic (exact) mass is 178 g/mol. The maximum Gasteiger partial charge on any atom is 0.174 e. The van der Waals surface area contributed by atoms with Crippen LogP contribution < -0.4 is 0 Å². The van der Waals surface area contributed by atoms with Crippen LogP contribution in [0.5, 0.6) is 0 Å². The molecule has 1 heterocycles. The van der Waals surface area contributed by atoms with Crippen LogP contribution in [0.15, 0.2) is 17.0 Å². The van der Waals surface area contributed by atoms with Crippen molar-refractivity contribution in [3.63, 3.8) is 0 Å². The molecular weight excluding hydrogens is 168 g/mol. The van der Waals surface area contributed by atoms with Crippen molar-refractivity contribution in [2.75, 3.05) is 5.75 Å². The van der Waals surface area contributed by atoms with E-state index in [1.165, 1.54) is 5.56 Å². The zero-order valence-electron chi connectivity index (χ0n) is 7.18. The Kier molecular flexibility index (Phi) is 1.72. The summed E-state index contributed by atoms with van der Waals surface area (Å²) in [6, 6.07) is 4.13. The third-order valence-corrected chi connectivity index (χ3v) is 3.39. The smallest absolute Gasteiger partial charge is 0.174 e. The lowest BCUT2D eigenvalue weighted by molar-refractivity contribution is 0.102. The van der Waals surface area contributed by atoms with Crippen LogP contribution in [0.1, 0.15) is 21.5 Å². The highest BCUT2D eigenvalue weighted by Crippen LogP contribution is 2.34. The summed E-state index contributed by atoms with van der Waals surface area (Å²) in [6.07, 6.45) is 0. The molecule has 0 radical (unpaired) electrons. The topological polar surface area (TPSA) is 17.1 Å². The van der Waals surface area contributed by atoms with E-state index in [-0.39, 0.29) is 5.78 Å². The predicted molar refractivity (Wildman–Crippen MR) is 51.0 cm³/mol. The fraction of sp³-hybridized carbons (Fsp3) is 0.300. The maximum atomic E-state index is 11.4. The molecule has 0 aliphatic carbocycles. The van der Waals surface area contributed by atoms with Gasteiger partial charge in [0.05, 0.1) is 5.75 Å². The third-order valence-electron chi connectivity index (χ3n) is 2.34. The van der Waals surface area contributed by atoms with Gasteiger partial charge in [-0.2, -0.15) is 0 Å². The highest BCUT2D eigenvalue weighted by molar-refractivity contribution is 8.00. The van der Waals surface area contributed by atoms with Crippen molar-refractivity contribution in [1.82, 2.24) is 0 Å². The molecule has 0 saturated carbocycles. The Bertz CT molecular complexity index is 355. The lowest BCUT2D eigenvalue weighted by Gasteiger charge is -2.04. The van der Waals surface area contributed by atoms with Gasteiger partial charge in [0, 0.05) is 10.5 Å². The Balaban J connectivity index is 2.71. The Labute approximate surface area is 76.2 Å². The summed E-state index contributed by atoms with van der Waals surface area (Å²) < 4.78 is 0. The fourth-order valence-electron chi connectivity index (χ4n) is 1.47. The number of hydrogen-bond acceptors (Lipinski definition) is 2. The van der Waals surface area contributed by atoms with E-state index < -0.39 is 0 Å². The van der Waals surface area contributed by atoms with Gasteiger partial charge in [-0.1, -0.05) is 6.07 Å². The lowest BCUT2D eigenvalue weighted by Crippen LogP contribution is -1.99. The largest absolute Gasteiger partial charge is 0.293 e. The SMILES string of the molecule is Cc1ccc2c(c1C)C(=O)CS2. The van der Waals surface area contributed by atoms with E-state index in [4.69, 9.17) is 0 Å². The van der Waals surface area contributed by atoms with Gasteiger partial charge in [0.15, 0.2) is 5.78 Å². The molecule has 0 fully saturated rings.